The normalized spacial score (nSPS) is 20.4. The summed E-state index contributed by atoms with van der Waals surface area (Å²) >= 11 is 0. The smallest absolute Gasteiger partial charge is 0.0726 e. The maximum absolute atomic E-state index is 5.70. The molecular formula is C18H37NO. The van der Waals surface area contributed by atoms with Crippen LogP contribution in [-0.2, 0) is 4.74 Å². The molecule has 120 valence electrons. The summed E-state index contributed by atoms with van der Waals surface area (Å²) in [6.45, 7) is 6.69. The molecule has 0 radical (unpaired) electrons. The second-order valence-corrected chi connectivity index (χ2v) is 6.48. The maximum atomic E-state index is 5.70. The molecule has 20 heavy (non-hydrogen) atoms. The van der Waals surface area contributed by atoms with Crippen molar-refractivity contribution < 1.29 is 4.74 Å². The highest BCUT2D eigenvalue weighted by molar-refractivity contribution is 4.76. The molecule has 0 aromatic heterocycles. The van der Waals surface area contributed by atoms with Crippen molar-refractivity contribution in [3.63, 3.8) is 0 Å². The zero-order chi connectivity index (χ0) is 14.5. The van der Waals surface area contributed by atoms with Crippen LogP contribution < -0.4 is 5.32 Å². The lowest BCUT2D eigenvalue weighted by molar-refractivity contribution is 0.0836. The first-order valence-corrected chi connectivity index (χ1v) is 9.19. The van der Waals surface area contributed by atoms with Crippen LogP contribution in [0.4, 0.5) is 0 Å². The van der Waals surface area contributed by atoms with E-state index in [0.717, 1.165) is 13.2 Å². The molecule has 1 aliphatic rings. The SMILES string of the molecule is CCCCCCCCCCCCNC(C)C1CCCO1. The highest BCUT2D eigenvalue weighted by Crippen LogP contribution is 2.15. The lowest BCUT2D eigenvalue weighted by Crippen LogP contribution is -2.37. The van der Waals surface area contributed by atoms with Crippen molar-refractivity contribution in [3.05, 3.63) is 0 Å². The molecule has 0 aromatic rings. The zero-order valence-electron chi connectivity index (χ0n) is 14.0. The number of nitrogens with one attached hydrogen (secondary N) is 1. The van der Waals surface area contributed by atoms with E-state index < -0.39 is 0 Å². The Morgan fingerprint density at radius 1 is 0.950 bits per heavy atom. The van der Waals surface area contributed by atoms with Crippen LogP contribution in [0.5, 0.6) is 0 Å². The summed E-state index contributed by atoms with van der Waals surface area (Å²) < 4.78 is 5.70. The zero-order valence-corrected chi connectivity index (χ0v) is 14.0. The minimum Gasteiger partial charge on any atom is -0.377 e. The molecule has 0 amide bonds. The average molecular weight is 284 g/mol. The minimum absolute atomic E-state index is 0.470. The van der Waals surface area contributed by atoms with Crippen molar-refractivity contribution in [2.24, 2.45) is 0 Å². The van der Waals surface area contributed by atoms with E-state index in [1.54, 1.807) is 0 Å². The van der Waals surface area contributed by atoms with Gasteiger partial charge in [-0.3, -0.25) is 0 Å². The van der Waals surface area contributed by atoms with Gasteiger partial charge >= 0.3 is 0 Å². The fraction of sp³-hybridized carbons (Fsp3) is 1.00. The summed E-state index contributed by atoms with van der Waals surface area (Å²) in [5.74, 6) is 0. The number of ether oxygens (including phenoxy) is 1. The van der Waals surface area contributed by atoms with E-state index in [1.807, 2.05) is 0 Å². The van der Waals surface area contributed by atoms with Gasteiger partial charge in [0.25, 0.3) is 0 Å². The molecule has 0 aliphatic carbocycles. The van der Waals surface area contributed by atoms with Crippen molar-refractivity contribution in [2.75, 3.05) is 13.2 Å². The summed E-state index contributed by atoms with van der Waals surface area (Å²) in [5, 5.41) is 3.62. The lowest BCUT2D eigenvalue weighted by atomic mass is 10.1. The topological polar surface area (TPSA) is 21.3 Å². The predicted octanol–water partition coefficient (Wildman–Crippen LogP) is 5.06. The Hall–Kier alpha value is -0.0800. The first-order valence-electron chi connectivity index (χ1n) is 9.19. The molecule has 2 unspecified atom stereocenters. The van der Waals surface area contributed by atoms with Crippen LogP contribution in [0.1, 0.15) is 90.9 Å². The number of unbranched alkanes of at least 4 members (excludes halogenated alkanes) is 9. The summed E-state index contributed by atoms with van der Waals surface area (Å²) in [6, 6.07) is 0.538. The molecular weight excluding hydrogens is 246 g/mol. The third-order valence-electron chi connectivity index (χ3n) is 4.52. The van der Waals surface area contributed by atoms with Crippen molar-refractivity contribution in [3.8, 4) is 0 Å². The van der Waals surface area contributed by atoms with Gasteiger partial charge in [-0.05, 0) is 32.7 Å². The van der Waals surface area contributed by atoms with Crippen LogP contribution >= 0.6 is 0 Å². The predicted molar refractivity (Wildman–Crippen MR) is 88.3 cm³/mol. The van der Waals surface area contributed by atoms with Gasteiger partial charge in [0.05, 0.1) is 6.10 Å². The highest BCUT2D eigenvalue weighted by atomic mass is 16.5. The summed E-state index contributed by atoms with van der Waals surface area (Å²) in [4.78, 5) is 0. The molecule has 2 atom stereocenters. The van der Waals surface area contributed by atoms with E-state index in [0.29, 0.717) is 12.1 Å². The standard InChI is InChI=1S/C18H37NO/c1-3-4-5-6-7-8-9-10-11-12-15-19-17(2)18-14-13-16-20-18/h17-19H,3-16H2,1-2H3. The highest BCUT2D eigenvalue weighted by Gasteiger charge is 2.21. The van der Waals surface area contributed by atoms with E-state index in [-0.39, 0.29) is 0 Å². The molecule has 1 N–H and O–H groups in total. The van der Waals surface area contributed by atoms with Gasteiger partial charge in [0.15, 0.2) is 0 Å². The van der Waals surface area contributed by atoms with Gasteiger partial charge in [0.2, 0.25) is 0 Å². The number of rotatable bonds is 13. The van der Waals surface area contributed by atoms with Crippen molar-refractivity contribution in [1.82, 2.24) is 5.32 Å². The van der Waals surface area contributed by atoms with Crippen LogP contribution in [0.2, 0.25) is 0 Å². The summed E-state index contributed by atoms with van der Waals surface area (Å²) in [5.41, 5.74) is 0. The first kappa shape index (κ1) is 18.0. The van der Waals surface area contributed by atoms with E-state index in [1.165, 1.54) is 77.0 Å². The molecule has 1 rings (SSSR count). The molecule has 2 heteroatoms. The van der Waals surface area contributed by atoms with E-state index in [2.05, 4.69) is 19.2 Å². The molecule has 0 saturated carbocycles. The molecule has 1 saturated heterocycles. The monoisotopic (exact) mass is 283 g/mol. The van der Waals surface area contributed by atoms with Crippen LogP contribution in [0.25, 0.3) is 0 Å². The van der Waals surface area contributed by atoms with Crippen LogP contribution in [0, 0.1) is 0 Å². The largest absolute Gasteiger partial charge is 0.377 e. The Morgan fingerprint density at radius 2 is 1.55 bits per heavy atom. The second-order valence-electron chi connectivity index (χ2n) is 6.48. The average Bonchev–Trinajstić information content (AvgIpc) is 2.99. The first-order chi connectivity index (χ1) is 9.84. The van der Waals surface area contributed by atoms with Gasteiger partial charge in [-0.2, -0.15) is 0 Å². The summed E-state index contributed by atoms with van der Waals surface area (Å²) in [7, 11) is 0. The number of hydrogen-bond donors (Lipinski definition) is 1. The molecule has 2 nitrogen and oxygen atoms in total. The Kier molecular flexibility index (Phi) is 11.4. The molecule has 1 aliphatic heterocycles. The Labute approximate surface area is 127 Å². The van der Waals surface area contributed by atoms with Gasteiger partial charge in [-0.25, -0.2) is 0 Å². The van der Waals surface area contributed by atoms with Crippen molar-refractivity contribution in [2.45, 2.75) is 103 Å². The second kappa shape index (κ2) is 12.6. The number of hydrogen-bond acceptors (Lipinski definition) is 2. The van der Waals surface area contributed by atoms with E-state index >= 15 is 0 Å². The third kappa shape index (κ3) is 8.97. The van der Waals surface area contributed by atoms with Gasteiger partial charge in [-0.15, -0.1) is 0 Å². The van der Waals surface area contributed by atoms with E-state index in [4.69, 9.17) is 4.74 Å². The minimum atomic E-state index is 0.470. The quantitative estimate of drug-likeness (QED) is 0.477. The fourth-order valence-electron chi connectivity index (χ4n) is 3.07. The molecule has 0 bridgehead atoms. The maximum Gasteiger partial charge on any atom is 0.0726 e. The molecule has 1 heterocycles. The molecule has 0 spiro atoms. The summed E-state index contributed by atoms with van der Waals surface area (Å²) in [6.07, 6.45) is 17.1. The third-order valence-corrected chi connectivity index (χ3v) is 4.52. The van der Waals surface area contributed by atoms with Crippen LogP contribution in [-0.4, -0.2) is 25.3 Å². The van der Waals surface area contributed by atoms with Gasteiger partial charge in [0, 0.05) is 12.6 Å². The Bertz CT molecular complexity index is 202. The van der Waals surface area contributed by atoms with E-state index in [9.17, 15) is 0 Å². The van der Waals surface area contributed by atoms with Gasteiger partial charge in [0.1, 0.15) is 0 Å². The lowest BCUT2D eigenvalue weighted by Gasteiger charge is -2.19. The molecule has 0 aromatic carbocycles. The Balaban J connectivity index is 1.76. The molecule has 1 fully saturated rings. The Morgan fingerprint density at radius 3 is 2.10 bits per heavy atom. The fourth-order valence-corrected chi connectivity index (χ4v) is 3.07. The van der Waals surface area contributed by atoms with Crippen LogP contribution in [0.15, 0.2) is 0 Å². The van der Waals surface area contributed by atoms with Gasteiger partial charge in [-0.1, -0.05) is 64.7 Å². The van der Waals surface area contributed by atoms with Crippen LogP contribution in [0.3, 0.4) is 0 Å². The van der Waals surface area contributed by atoms with Crippen molar-refractivity contribution >= 4 is 0 Å². The van der Waals surface area contributed by atoms with Gasteiger partial charge < -0.3 is 10.1 Å². The van der Waals surface area contributed by atoms with Crippen molar-refractivity contribution in [1.29, 1.82) is 0 Å².